The van der Waals surface area contributed by atoms with Crippen LogP contribution in [0.25, 0.3) is 0 Å². The van der Waals surface area contributed by atoms with E-state index in [1.807, 2.05) is 0 Å². The number of nitrogens with two attached hydrogens (primary N) is 1. The van der Waals surface area contributed by atoms with Gasteiger partial charge in [0.2, 0.25) is 5.91 Å². The molecule has 1 amide bonds. The second-order valence-corrected chi connectivity index (χ2v) is 3.68. The van der Waals surface area contributed by atoms with E-state index in [2.05, 4.69) is 5.43 Å². The Morgan fingerprint density at radius 3 is 2.06 bits per heavy atom. The van der Waals surface area contributed by atoms with Gasteiger partial charge in [0.15, 0.2) is 11.5 Å². The monoisotopic (exact) mass is 254 g/mol. The van der Waals surface area contributed by atoms with Gasteiger partial charge in [-0.25, -0.2) is 5.84 Å². The van der Waals surface area contributed by atoms with Crippen LogP contribution in [-0.2, 0) is 4.79 Å². The normalized spacial score (nSPS) is 11.6. The molecule has 1 atom stereocenters. The zero-order valence-corrected chi connectivity index (χ0v) is 10.9. The standard InChI is InChI=1S/C12H18N2O4/c1-7(12(15)14-13)8-5-10(17-3)11(18-4)6-9(8)16-2/h5-7H,13H2,1-4H3,(H,14,15). The van der Waals surface area contributed by atoms with Crippen molar-refractivity contribution in [3.8, 4) is 17.2 Å². The first kappa shape index (κ1) is 14.1. The number of ether oxygens (including phenoxy) is 3. The van der Waals surface area contributed by atoms with Gasteiger partial charge >= 0.3 is 0 Å². The highest BCUT2D eigenvalue weighted by Gasteiger charge is 2.21. The number of rotatable bonds is 5. The lowest BCUT2D eigenvalue weighted by atomic mass is 9.98. The third-order valence-electron chi connectivity index (χ3n) is 2.74. The molecule has 0 heterocycles. The van der Waals surface area contributed by atoms with Crippen molar-refractivity contribution in [2.45, 2.75) is 12.8 Å². The summed E-state index contributed by atoms with van der Waals surface area (Å²) in [6.07, 6.45) is 0. The fourth-order valence-corrected chi connectivity index (χ4v) is 1.66. The Labute approximate surface area is 106 Å². The van der Waals surface area contributed by atoms with Crippen molar-refractivity contribution >= 4 is 5.91 Å². The molecule has 1 unspecified atom stereocenters. The third kappa shape index (κ3) is 2.65. The van der Waals surface area contributed by atoms with Crippen LogP contribution in [-0.4, -0.2) is 27.2 Å². The van der Waals surface area contributed by atoms with Crippen molar-refractivity contribution in [2.75, 3.05) is 21.3 Å². The molecule has 100 valence electrons. The van der Waals surface area contributed by atoms with E-state index in [9.17, 15) is 4.79 Å². The van der Waals surface area contributed by atoms with E-state index < -0.39 is 5.92 Å². The number of hydrogen-bond donors (Lipinski definition) is 2. The smallest absolute Gasteiger partial charge is 0.241 e. The molecule has 0 saturated heterocycles. The molecule has 0 aliphatic rings. The van der Waals surface area contributed by atoms with E-state index in [0.29, 0.717) is 22.8 Å². The second-order valence-electron chi connectivity index (χ2n) is 3.68. The Morgan fingerprint density at radius 2 is 1.61 bits per heavy atom. The molecule has 1 aromatic rings. The lowest BCUT2D eigenvalue weighted by Gasteiger charge is -2.17. The van der Waals surface area contributed by atoms with Gasteiger partial charge in [-0.05, 0) is 13.0 Å². The van der Waals surface area contributed by atoms with Gasteiger partial charge in [-0.1, -0.05) is 0 Å². The number of hydrogen-bond acceptors (Lipinski definition) is 5. The molecule has 0 aromatic heterocycles. The Balaban J connectivity index is 3.29. The molecular formula is C12H18N2O4. The molecule has 1 rings (SSSR count). The fraction of sp³-hybridized carbons (Fsp3) is 0.417. The van der Waals surface area contributed by atoms with Gasteiger partial charge in [0.1, 0.15) is 5.75 Å². The Morgan fingerprint density at radius 1 is 1.11 bits per heavy atom. The average Bonchev–Trinajstić information content (AvgIpc) is 2.43. The maximum atomic E-state index is 11.6. The zero-order chi connectivity index (χ0) is 13.7. The van der Waals surface area contributed by atoms with E-state index in [-0.39, 0.29) is 5.91 Å². The van der Waals surface area contributed by atoms with Crippen LogP contribution in [0, 0.1) is 0 Å². The van der Waals surface area contributed by atoms with Crippen LogP contribution in [0.2, 0.25) is 0 Å². The molecule has 0 aliphatic heterocycles. The summed E-state index contributed by atoms with van der Waals surface area (Å²) in [5, 5.41) is 0. The zero-order valence-electron chi connectivity index (χ0n) is 10.9. The Kier molecular flexibility index (Phi) is 4.79. The number of methoxy groups -OCH3 is 3. The molecule has 0 saturated carbocycles. The molecule has 0 radical (unpaired) electrons. The van der Waals surface area contributed by atoms with Crippen LogP contribution in [0.5, 0.6) is 17.2 Å². The van der Waals surface area contributed by atoms with E-state index in [1.165, 1.54) is 21.3 Å². The van der Waals surface area contributed by atoms with Crippen molar-refractivity contribution in [2.24, 2.45) is 5.84 Å². The third-order valence-corrected chi connectivity index (χ3v) is 2.74. The summed E-state index contributed by atoms with van der Waals surface area (Å²) < 4.78 is 15.6. The highest BCUT2D eigenvalue weighted by Crippen LogP contribution is 2.37. The molecule has 0 aliphatic carbocycles. The van der Waals surface area contributed by atoms with Gasteiger partial charge in [-0.3, -0.25) is 10.2 Å². The Hall–Kier alpha value is -1.95. The first-order valence-corrected chi connectivity index (χ1v) is 5.39. The van der Waals surface area contributed by atoms with Crippen LogP contribution in [0.1, 0.15) is 18.4 Å². The minimum atomic E-state index is -0.454. The van der Waals surface area contributed by atoms with Crippen LogP contribution in [0.15, 0.2) is 12.1 Å². The first-order chi connectivity index (χ1) is 8.58. The largest absolute Gasteiger partial charge is 0.496 e. The number of carbonyl (C=O) groups excluding carboxylic acids is 1. The molecule has 6 heteroatoms. The summed E-state index contributed by atoms with van der Waals surface area (Å²) in [7, 11) is 4.59. The van der Waals surface area contributed by atoms with Gasteiger partial charge < -0.3 is 14.2 Å². The summed E-state index contributed by atoms with van der Waals surface area (Å²) in [6, 6.07) is 3.38. The topological polar surface area (TPSA) is 82.8 Å². The number of hydrazine groups is 1. The summed E-state index contributed by atoms with van der Waals surface area (Å²) in [6.45, 7) is 1.73. The van der Waals surface area contributed by atoms with Crippen molar-refractivity contribution in [1.29, 1.82) is 0 Å². The lowest BCUT2D eigenvalue weighted by Crippen LogP contribution is -2.33. The summed E-state index contributed by atoms with van der Waals surface area (Å²) >= 11 is 0. The minimum Gasteiger partial charge on any atom is -0.496 e. The van der Waals surface area contributed by atoms with E-state index >= 15 is 0 Å². The van der Waals surface area contributed by atoms with Crippen LogP contribution < -0.4 is 25.5 Å². The molecule has 18 heavy (non-hydrogen) atoms. The predicted molar refractivity (Wildman–Crippen MR) is 66.8 cm³/mol. The van der Waals surface area contributed by atoms with Gasteiger partial charge in [0, 0.05) is 11.6 Å². The molecule has 3 N–H and O–H groups in total. The first-order valence-electron chi connectivity index (χ1n) is 5.39. The number of nitrogens with one attached hydrogen (secondary N) is 1. The van der Waals surface area contributed by atoms with Crippen molar-refractivity contribution in [3.05, 3.63) is 17.7 Å². The fourth-order valence-electron chi connectivity index (χ4n) is 1.66. The molecule has 0 spiro atoms. The van der Waals surface area contributed by atoms with Crippen molar-refractivity contribution in [3.63, 3.8) is 0 Å². The van der Waals surface area contributed by atoms with Gasteiger partial charge in [-0.2, -0.15) is 0 Å². The van der Waals surface area contributed by atoms with E-state index in [0.717, 1.165) is 0 Å². The van der Waals surface area contributed by atoms with Crippen LogP contribution in [0.3, 0.4) is 0 Å². The van der Waals surface area contributed by atoms with Gasteiger partial charge in [-0.15, -0.1) is 0 Å². The number of carbonyl (C=O) groups is 1. The SMILES string of the molecule is COc1cc(OC)c(C(C)C(=O)NN)cc1OC. The molecule has 6 nitrogen and oxygen atoms in total. The summed E-state index contributed by atoms with van der Waals surface area (Å²) in [5.41, 5.74) is 2.79. The van der Waals surface area contributed by atoms with E-state index in [4.69, 9.17) is 20.1 Å². The quantitative estimate of drug-likeness (QED) is 0.461. The molecule has 0 bridgehead atoms. The highest BCUT2D eigenvalue weighted by molar-refractivity contribution is 5.83. The van der Waals surface area contributed by atoms with E-state index in [1.54, 1.807) is 19.1 Å². The lowest BCUT2D eigenvalue weighted by molar-refractivity contribution is -0.122. The number of amides is 1. The summed E-state index contributed by atoms with van der Waals surface area (Å²) in [5.74, 6) is 5.99. The summed E-state index contributed by atoms with van der Waals surface area (Å²) in [4.78, 5) is 11.6. The van der Waals surface area contributed by atoms with Gasteiger partial charge in [0.05, 0.1) is 27.2 Å². The van der Waals surface area contributed by atoms with Crippen molar-refractivity contribution in [1.82, 2.24) is 5.43 Å². The molecule has 1 aromatic carbocycles. The maximum Gasteiger partial charge on any atom is 0.241 e. The highest BCUT2D eigenvalue weighted by atomic mass is 16.5. The predicted octanol–water partition coefficient (Wildman–Crippen LogP) is 0.806. The van der Waals surface area contributed by atoms with Crippen LogP contribution >= 0.6 is 0 Å². The average molecular weight is 254 g/mol. The maximum absolute atomic E-state index is 11.6. The van der Waals surface area contributed by atoms with Crippen LogP contribution in [0.4, 0.5) is 0 Å². The molecular weight excluding hydrogens is 236 g/mol. The van der Waals surface area contributed by atoms with Gasteiger partial charge in [0.25, 0.3) is 0 Å². The minimum absolute atomic E-state index is 0.305. The second kappa shape index (κ2) is 6.11. The van der Waals surface area contributed by atoms with Crippen molar-refractivity contribution < 1.29 is 19.0 Å². The molecule has 0 fully saturated rings. The number of benzene rings is 1. The Bertz CT molecular complexity index is 434.